The molecule has 0 radical (unpaired) electrons. The zero-order valence-corrected chi connectivity index (χ0v) is 18.9. The molecule has 2 amide bonds. The highest BCUT2D eigenvalue weighted by atomic mass is 16.6. The molecular formula is C22H30N2O8. The first-order valence-electron chi connectivity index (χ1n) is 10.4. The standard InChI is InChI=1S/C22H30N2O8/c1-5-31-22(28)16-7-6-10-24(12-16)19(25)13-23(2)21(27)15-8-9-17(18(11-15)29-3)32-14-20(26)30-4/h8-9,11,16H,5-7,10,12-14H2,1-4H3. The van der Waals surface area contributed by atoms with Crippen molar-refractivity contribution in [2.24, 2.45) is 5.92 Å². The zero-order chi connectivity index (χ0) is 23.7. The highest BCUT2D eigenvalue weighted by molar-refractivity contribution is 5.97. The normalized spacial score (nSPS) is 15.5. The molecule has 1 unspecified atom stereocenters. The second kappa shape index (κ2) is 11.9. The summed E-state index contributed by atoms with van der Waals surface area (Å²) in [6, 6.07) is 4.52. The van der Waals surface area contributed by atoms with Crippen molar-refractivity contribution in [3.8, 4) is 11.5 Å². The minimum Gasteiger partial charge on any atom is -0.493 e. The van der Waals surface area contributed by atoms with Crippen molar-refractivity contribution >= 4 is 23.8 Å². The van der Waals surface area contributed by atoms with E-state index in [1.165, 1.54) is 44.4 Å². The molecule has 1 heterocycles. The van der Waals surface area contributed by atoms with Crippen LogP contribution >= 0.6 is 0 Å². The quantitative estimate of drug-likeness (QED) is 0.515. The Labute approximate surface area is 187 Å². The van der Waals surface area contributed by atoms with E-state index in [9.17, 15) is 19.2 Å². The molecule has 1 atom stereocenters. The summed E-state index contributed by atoms with van der Waals surface area (Å²) in [5.41, 5.74) is 0.297. The Morgan fingerprint density at radius 3 is 2.56 bits per heavy atom. The fourth-order valence-corrected chi connectivity index (χ4v) is 3.37. The second-order valence-corrected chi connectivity index (χ2v) is 7.32. The van der Waals surface area contributed by atoms with E-state index in [0.717, 1.165) is 0 Å². The van der Waals surface area contributed by atoms with E-state index in [-0.39, 0.29) is 48.4 Å². The van der Waals surface area contributed by atoms with Gasteiger partial charge in [0.15, 0.2) is 18.1 Å². The van der Waals surface area contributed by atoms with Crippen molar-refractivity contribution in [2.45, 2.75) is 19.8 Å². The monoisotopic (exact) mass is 450 g/mol. The van der Waals surface area contributed by atoms with Gasteiger partial charge >= 0.3 is 11.9 Å². The van der Waals surface area contributed by atoms with Crippen LogP contribution in [0.1, 0.15) is 30.1 Å². The molecule has 10 heteroatoms. The lowest BCUT2D eigenvalue weighted by atomic mass is 9.98. The number of methoxy groups -OCH3 is 2. The molecule has 0 N–H and O–H groups in total. The van der Waals surface area contributed by atoms with Crippen LogP contribution in [-0.4, -0.2) is 87.7 Å². The van der Waals surface area contributed by atoms with E-state index in [1.54, 1.807) is 11.8 Å². The number of hydrogen-bond donors (Lipinski definition) is 0. The average molecular weight is 450 g/mol. The van der Waals surface area contributed by atoms with Crippen molar-refractivity contribution in [1.29, 1.82) is 0 Å². The van der Waals surface area contributed by atoms with Gasteiger partial charge in [-0.3, -0.25) is 14.4 Å². The molecule has 2 rings (SSSR count). The molecule has 1 fully saturated rings. The number of likely N-dealkylation sites (N-methyl/N-ethyl adjacent to an activating group) is 1. The fraction of sp³-hybridized carbons (Fsp3) is 0.545. The number of rotatable bonds is 9. The summed E-state index contributed by atoms with van der Waals surface area (Å²) in [7, 11) is 4.20. The van der Waals surface area contributed by atoms with E-state index in [0.29, 0.717) is 38.1 Å². The number of nitrogens with zero attached hydrogens (tertiary/aromatic N) is 2. The lowest BCUT2D eigenvalue weighted by molar-refractivity contribution is -0.151. The van der Waals surface area contributed by atoms with E-state index >= 15 is 0 Å². The number of amides is 2. The van der Waals surface area contributed by atoms with Gasteiger partial charge in [0.1, 0.15) is 0 Å². The third kappa shape index (κ3) is 6.60. The Morgan fingerprint density at radius 2 is 1.91 bits per heavy atom. The van der Waals surface area contributed by atoms with Crippen molar-refractivity contribution in [1.82, 2.24) is 9.80 Å². The molecule has 0 spiro atoms. The number of ether oxygens (including phenoxy) is 4. The summed E-state index contributed by atoms with van der Waals surface area (Å²) < 4.78 is 20.2. The van der Waals surface area contributed by atoms with Gasteiger partial charge in [-0.1, -0.05) is 0 Å². The topological polar surface area (TPSA) is 112 Å². The van der Waals surface area contributed by atoms with Gasteiger partial charge < -0.3 is 28.7 Å². The lowest BCUT2D eigenvalue weighted by Gasteiger charge is -2.32. The Balaban J connectivity index is 1.99. The van der Waals surface area contributed by atoms with Gasteiger partial charge in [-0.05, 0) is 38.0 Å². The van der Waals surface area contributed by atoms with Gasteiger partial charge in [0.2, 0.25) is 5.91 Å². The molecule has 0 saturated carbocycles. The van der Waals surface area contributed by atoms with Crippen LogP contribution in [0.5, 0.6) is 11.5 Å². The van der Waals surface area contributed by atoms with Gasteiger partial charge in [0, 0.05) is 25.7 Å². The minimum atomic E-state index is -0.548. The number of hydrogen-bond acceptors (Lipinski definition) is 8. The van der Waals surface area contributed by atoms with Crippen LogP contribution in [0, 0.1) is 5.92 Å². The largest absolute Gasteiger partial charge is 0.493 e. The third-order valence-corrected chi connectivity index (χ3v) is 5.10. The van der Waals surface area contributed by atoms with Gasteiger partial charge in [0.05, 0.1) is 33.3 Å². The number of benzene rings is 1. The van der Waals surface area contributed by atoms with E-state index in [4.69, 9.17) is 14.2 Å². The van der Waals surface area contributed by atoms with Crippen LogP contribution in [0.4, 0.5) is 0 Å². The molecule has 1 aromatic carbocycles. The van der Waals surface area contributed by atoms with Gasteiger partial charge in [0.25, 0.3) is 5.91 Å². The molecule has 10 nitrogen and oxygen atoms in total. The highest BCUT2D eigenvalue weighted by Gasteiger charge is 2.30. The van der Waals surface area contributed by atoms with Crippen LogP contribution in [0.15, 0.2) is 18.2 Å². The summed E-state index contributed by atoms with van der Waals surface area (Å²) in [6.07, 6.45) is 1.39. The van der Waals surface area contributed by atoms with E-state index < -0.39 is 5.97 Å². The van der Waals surface area contributed by atoms with Crippen molar-refractivity contribution in [3.63, 3.8) is 0 Å². The molecule has 0 bridgehead atoms. The average Bonchev–Trinajstić information content (AvgIpc) is 2.81. The Morgan fingerprint density at radius 1 is 1.16 bits per heavy atom. The predicted molar refractivity (Wildman–Crippen MR) is 113 cm³/mol. The second-order valence-electron chi connectivity index (χ2n) is 7.32. The van der Waals surface area contributed by atoms with Crippen molar-refractivity contribution in [3.05, 3.63) is 23.8 Å². The van der Waals surface area contributed by atoms with E-state index in [2.05, 4.69) is 4.74 Å². The minimum absolute atomic E-state index is 0.128. The maximum atomic E-state index is 12.8. The molecule has 1 aliphatic heterocycles. The zero-order valence-electron chi connectivity index (χ0n) is 18.9. The third-order valence-electron chi connectivity index (χ3n) is 5.10. The Kier molecular flexibility index (Phi) is 9.30. The summed E-state index contributed by atoms with van der Waals surface area (Å²) in [6.45, 7) is 2.46. The molecule has 1 aromatic rings. The maximum absolute atomic E-state index is 12.8. The molecule has 1 saturated heterocycles. The van der Waals surface area contributed by atoms with Crippen LogP contribution in [0.25, 0.3) is 0 Å². The van der Waals surface area contributed by atoms with Gasteiger partial charge in [-0.25, -0.2) is 4.79 Å². The Bertz CT molecular complexity index is 841. The van der Waals surface area contributed by atoms with Crippen molar-refractivity contribution in [2.75, 3.05) is 54.1 Å². The lowest BCUT2D eigenvalue weighted by Crippen LogP contribution is -2.47. The Hall–Kier alpha value is -3.30. The molecule has 176 valence electrons. The molecule has 1 aliphatic rings. The highest BCUT2D eigenvalue weighted by Crippen LogP contribution is 2.28. The fourth-order valence-electron chi connectivity index (χ4n) is 3.37. The number of esters is 2. The van der Waals surface area contributed by atoms with Crippen LogP contribution < -0.4 is 9.47 Å². The summed E-state index contributed by atoms with van der Waals surface area (Å²) in [5.74, 6) is -1.24. The van der Waals surface area contributed by atoms with E-state index in [1.807, 2.05) is 0 Å². The number of likely N-dealkylation sites (tertiary alicyclic amines) is 1. The van der Waals surface area contributed by atoms with Crippen molar-refractivity contribution < 1.29 is 38.1 Å². The van der Waals surface area contributed by atoms with Gasteiger partial charge in [-0.2, -0.15) is 0 Å². The SMILES string of the molecule is CCOC(=O)C1CCCN(C(=O)CN(C)C(=O)c2ccc(OCC(=O)OC)c(OC)c2)C1. The first kappa shape index (κ1) is 25.0. The van der Waals surface area contributed by atoms with Crippen LogP contribution in [0.2, 0.25) is 0 Å². The molecule has 0 aromatic heterocycles. The van der Waals surface area contributed by atoms with Gasteiger partial charge in [-0.15, -0.1) is 0 Å². The first-order chi connectivity index (χ1) is 15.3. The number of piperidine rings is 1. The number of carbonyl (C=O) groups is 4. The smallest absolute Gasteiger partial charge is 0.343 e. The molecule has 0 aliphatic carbocycles. The summed E-state index contributed by atoms with van der Waals surface area (Å²) in [4.78, 5) is 51.7. The summed E-state index contributed by atoms with van der Waals surface area (Å²) in [5, 5.41) is 0. The first-order valence-corrected chi connectivity index (χ1v) is 10.4. The van der Waals surface area contributed by atoms with Crippen LogP contribution in [-0.2, 0) is 23.9 Å². The molecular weight excluding hydrogens is 420 g/mol. The summed E-state index contributed by atoms with van der Waals surface area (Å²) >= 11 is 0. The number of carbonyl (C=O) groups excluding carboxylic acids is 4. The molecule has 32 heavy (non-hydrogen) atoms. The maximum Gasteiger partial charge on any atom is 0.343 e. The predicted octanol–water partition coefficient (Wildman–Crippen LogP) is 1.12. The van der Waals surface area contributed by atoms with Crippen LogP contribution in [0.3, 0.4) is 0 Å².